The highest BCUT2D eigenvalue weighted by Crippen LogP contribution is 2.52. The standard InChI is InChI=1S/C60H41N5/c1-60(2)51-29-14-11-24-44(51)47-27-17-28-50(54(47)60)58-61-57(40-20-7-4-8-21-40)62-59(63-58)65-53-31-16-13-26-46(53)49-37-36-48-45-25-12-15-30-52(45)64(55(48)56(49)65)41-34-32-39(33-35-41)43-23-10-9-22-42(43)38-18-5-3-6-19-38/h3-37H,1-2H3. The molecular formula is C60H41N5. The lowest BCUT2D eigenvalue weighted by atomic mass is 9.80. The molecule has 0 N–H and O–H groups in total. The van der Waals surface area contributed by atoms with Gasteiger partial charge in [0.05, 0.1) is 22.1 Å². The van der Waals surface area contributed by atoms with Gasteiger partial charge in [-0.15, -0.1) is 0 Å². The van der Waals surface area contributed by atoms with Crippen molar-refractivity contribution < 1.29 is 0 Å². The first-order chi connectivity index (χ1) is 32.0. The molecule has 5 nitrogen and oxygen atoms in total. The van der Waals surface area contributed by atoms with Gasteiger partial charge in [-0.3, -0.25) is 4.57 Å². The first-order valence-corrected chi connectivity index (χ1v) is 22.3. The van der Waals surface area contributed by atoms with Gasteiger partial charge in [-0.05, 0) is 68.8 Å². The summed E-state index contributed by atoms with van der Waals surface area (Å²) in [7, 11) is 0. The molecule has 0 fully saturated rings. The van der Waals surface area contributed by atoms with Crippen LogP contribution >= 0.6 is 0 Å². The second kappa shape index (κ2) is 14.3. The molecule has 1 aliphatic rings. The fourth-order valence-electron chi connectivity index (χ4n) is 10.7. The summed E-state index contributed by atoms with van der Waals surface area (Å²) >= 11 is 0. The Labute approximate surface area is 376 Å². The molecule has 0 unspecified atom stereocenters. The summed E-state index contributed by atoms with van der Waals surface area (Å²) in [4.78, 5) is 16.3. The van der Waals surface area contributed by atoms with Crippen molar-refractivity contribution >= 4 is 43.6 Å². The molecule has 3 aromatic heterocycles. The van der Waals surface area contributed by atoms with Crippen LogP contribution in [0.4, 0.5) is 0 Å². The predicted octanol–water partition coefficient (Wildman–Crippen LogP) is 15.0. The molecule has 0 saturated heterocycles. The number of hydrogen-bond donors (Lipinski definition) is 0. The molecule has 306 valence electrons. The molecule has 0 saturated carbocycles. The Bertz CT molecular complexity index is 3840. The third-order valence-electron chi connectivity index (χ3n) is 13.6. The number of rotatable bonds is 6. The molecule has 0 atom stereocenters. The topological polar surface area (TPSA) is 48.5 Å². The lowest BCUT2D eigenvalue weighted by Crippen LogP contribution is -2.17. The van der Waals surface area contributed by atoms with Crippen molar-refractivity contribution in [2.24, 2.45) is 0 Å². The van der Waals surface area contributed by atoms with Gasteiger partial charge in [-0.1, -0.05) is 202 Å². The van der Waals surface area contributed by atoms with E-state index in [0.29, 0.717) is 17.6 Å². The molecule has 0 radical (unpaired) electrons. The van der Waals surface area contributed by atoms with Crippen molar-refractivity contribution in [1.29, 1.82) is 0 Å². The Balaban J connectivity index is 1.09. The third-order valence-corrected chi connectivity index (χ3v) is 13.6. The van der Waals surface area contributed by atoms with Crippen LogP contribution in [0.25, 0.3) is 111 Å². The molecule has 1 aliphatic carbocycles. The average molecular weight is 832 g/mol. The Morgan fingerprint density at radius 3 is 1.51 bits per heavy atom. The fraction of sp³-hybridized carbons (Fsp3) is 0.0500. The number of benzene rings is 9. The van der Waals surface area contributed by atoms with E-state index in [0.717, 1.165) is 60.6 Å². The Morgan fingerprint density at radius 2 is 0.831 bits per heavy atom. The lowest BCUT2D eigenvalue weighted by molar-refractivity contribution is 0.661. The molecule has 13 rings (SSSR count). The normalized spacial score (nSPS) is 12.9. The highest BCUT2D eigenvalue weighted by Gasteiger charge is 2.38. The van der Waals surface area contributed by atoms with Crippen LogP contribution in [0.1, 0.15) is 25.0 Å². The molecule has 65 heavy (non-hydrogen) atoms. The zero-order chi connectivity index (χ0) is 43.2. The van der Waals surface area contributed by atoms with Gasteiger partial charge in [0.2, 0.25) is 5.95 Å². The third kappa shape index (κ3) is 5.62. The number of nitrogens with zero attached hydrogens (tertiary/aromatic N) is 5. The van der Waals surface area contributed by atoms with Gasteiger partial charge < -0.3 is 4.57 Å². The van der Waals surface area contributed by atoms with Gasteiger partial charge in [-0.25, -0.2) is 4.98 Å². The number of fused-ring (bicyclic) bond motifs is 10. The van der Waals surface area contributed by atoms with Crippen LogP contribution in [-0.4, -0.2) is 24.1 Å². The van der Waals surface area contributed by atoms with Crippen molar-refractivity contribution in [2.45, 2.75) is 19.3 Å². The maximum atomic E-state index is 5.55. The zero-order valence-corrected chi connectivity index (χ0v) is 35.9. The maximum Gasteiger partial charge on any atom is 0.238 e. The van der Waals surface area contributed by atoms with Gasteiger partial charge in [0.25, 0.3) is 0 Å². The summed E-state index contributed by atoms with van der Waals surface area (Å²) in [5.74, 6) is 1.85. The highest BCUT2D eigenvalue weighted by atomic mass is 15.2. The van der Waals surface area contributed by atoms with Gasteiger partial charge in [0.15, 0.2) is 11.6 Å². The van der Waals surface area contributed by atoms with E-state index in [1.807, 2.05) is 18.2 Å². The van der Waals surface area contributed by atoms with E-state index >= 15 is 0 Å². The molecule has 0 spiro atoms. The highest BCUT2D eigenvalue weighted by molar-refractivity contribution is 6.23. The van der Waals surface area contributed by atoms with Crippen LogP contribution in [0.15, 0.2) is 212 Å². The quantitative estimate of drug-likeness (QED) is 0.168. The van der Waals surface area contributed by atoms with Crippen LogP contribution in [0.5, 0.6) is 0 Å². The molecule has 0 aliphatic heterocycles. The minimum absolute atomic E-state index is 0.263. The molecule has 3 heterocycles. The van der Waals surface area contributed by atoms with E-state index < -0.39 is 0 Å². The molecule has 12 aromatic rings. The number of para-hydroxylation sites is 2. The van der Waals surface area contributed by atoms with E-state index in [9.17, 15) is 0 Å². The van der Waals surface area contributed by atoms with Crippen molar-refractivity contribution in [3.05, 3.63) is 223 Å². The fourth-order valence-corrected chi connectivity index (χ4v) is 10.7. The van der Waals surface area contributed by atoms with E-state index in [1.54, 1.807) is 0 Å². The zero-order valence-electron chi connectivity index (χ0n) is 35.9. The van der Waals surface area contributed by atoms with Gasteiger partial charge >= 0.3 is 0 Å². The second-order valence-electron chi connectivity index (χ2n) is 17.6. The minimum atomic E-state index is -0.263. The van der Waals surface area contributed by atoms with E-state index in [1.165, 1.54) is 44.3 Å². The molecule has 0 bridgehead atoms. The number of hydrogen-bond acceptors (Lipinski definition) is 3. The predicted molar refractivity (Wildman–Crippen MR) is 268 cm³/mol. The van der Waals surface area contributed by atoms with Crippen LogP contribution in [0.3, 0.4) is 0 Å². The van der Waals surface area contributed by atoms with Crippen LogP contribution in [-0.2, 0) is 5.41 Å². The largest absolute Gasteiger partial charge is 0.307 e. The molecular weight excluding hydrogens is 791 g/mol. The first-order valence-electron chi connectivity index (χ1n) is 22.3. The van der Waals surface area contributed by atoms with Crippen molar-refractivity contribution in [3.8, 4) is 67.8 Å². The van der Waals surface area contributed by atoms with Gasteiger partial charge in [0.1, 0.15) is 0 Å². The van der Waals surface area contributed by atoms with Gasteiger partial charge in [-0.2, -0.15) is 9.97 Å². The summed E-state index contributed by atoms with van der Waals surface area (Å²) in [5.41, 5.74) is 16.9. The average Bonchev–Trinajstić information content (AvgIpc) is 3.98. The Hall–Kier alpha value is -8.41. The summed E-state index contributed by atoms with van der Waals surface area (Å²) in [6.07, 6.45) is 0. The summed E-state index contributed by atoms with van der Waals surface area (Å²) in [6.45, 7) is 4.64. The Kier molecular flexibility index (Phi) is 8.18. The molecule has 5 heteroatoms. The summed E-state index contributed by atoms with van der Waals surface area (Å²) in [6, 6.07) is 75.9. The van der Waals surface area contributed by atoms with Crippen LogP contribution < -0.4 is 0 Å². The van der Waals surface area contributed by atoms with Crippen LogP contribution in [0, 0.1) is 0 Å². The molecule has 0 amide bonds. The van der Waals surface area contributed by atoms with E-state index in [4.69, 9.17) is 15.0 Å². The first kappa shape index (κ1) is 37.2. The van der Waals surface area contributed by atoms with Crippen molar-refractivity contribution in [1.82, 2.24) is 24.1 Å². The second-order valence-corrected chi connectivity index (χ2v) is 17.6. The van der Waals surface area contributed by atoms with E-state index in [-0.39, 0.29) is 5.41 Å². The summed E-state index contributed by atoms with van der Waals surface area (Å²) in [5, 5.41) is 4.61. The lowest BCUT2D eigenvalue weighted by Gasteiger charge is -2.24. The maximum absolute atomic E-state index is 5.55. The van der Waals surface area contributed by atoms with Gasteiger partial charge in [0, 0.05) is 43.8 Å². The molecule has 9 aromatic carbocycles. The van der Waals surface area contributed by atoms with Crippen molar-refractivity contribution in [2.75, 3.05) is 0 Å². The van der Waals surface area contributed by atoms with E-state index in [2.05, 4.69) is 217 Å². The minimum Gasteiger partial charge on any atom is -0.307 e. The smallest absolute Gasteiger partial charge is 0.238 e. The Morgan fingerprint density at radius 1 is 0.338 bits per heavy atom. The van der Waals surface area contributed by atoms with Crippen LogP contribution in [0.2, 0.25) is 0 Å². The van der Waals surface area contributed by atoms with Crippen molar-refractivity contribution in [3.63, 3.8) is 0 Å². The SMILES string of the molecule is CC1(C)c2ccccc2-c2cccc(-c3nc(-c4ccccc4)nc(-n4c5ccccc5c5ccc6c7ccccc7n(-c7ccc(-c8ccccc8-c8ccccc8)cc7)c6c54)n3)c21. The monoisotopic (exact) mass is 831 g/mol. The number of aromatic nitrogens is 5. The summed E-state index contributed by atoms with van der Waals surface area (Å²) < 4.78 is 4.72.